The molecule has 1 saturated carbocycles. The van der Waals surface area contributed by atoms with Crippen LogP contribution in [-0.4, -0.2) is 16.2 Å². The van der Waals surface area contributed by atoms with Crippen molar-refractivity contribution in [2.45, 2.75) is 45.6 Å². The molecule has 0 radical (unpaired) electrons. The number of aryl methyl sites for hydroxylation is 1. The average molecular weight is 271 g/mol. The minimum Gasteiger partial charge on any atom is -0.421 e. The number of aromatic nitrogens is 2. The Morgan fingerprint density at radius 1 is 1.10 bits per heavy atom. The second-order valence-electron chi connectivity index (χ2n) is 5.77. The Morgan fingerprint density at radius 2 is 1.85 bits per heavy atom. The quantitative estimate of drug-likeness (QED) is 0.915. The number of rotatable bonds is 3. The first-order chi connectivity index (χ1) is 9.72. The van der Waals surface area contributed by atoms with Gasteiger partial charge in [-0.15, -0.1) is 10.2 Å². The lowest BCUT2D eigenvalue weighted by molar-refractivity contribution is 0.361. The van der Waals surface area contributed by atoms with Crippen LogP contribution in [-0.2, 0) is 0 Å². The number of para-hydroxylation sites is 1. The summed E-state index contributed by atoms with van der Waals surface area (Å²) in [6.45, 7) is 4.15. The van der Waals surface area contributed by atoms with Crippen LogP contribution in [0.3, 0.4) is 0 Å². The van der Waals surface area contributed by atoms with E-state index in [0.717, 1.165) is 17.2 Å². The topological polar surface area (TPSA) is 51.0 Å². The number of nitrogens with one attached hydrogen (secondary N) is 1. The number of anilines is 1. The largest absolute Gasteiger partial charge is 0.421 e. The van der Waals surface area contributed by atoms with Gasteiger partial charge in [0.05, 0.1) is 5.56 Å². The average Bonchev–Trinajstić information content (AvgIpc) is 2.88. The van der Waals surface area contributed by atoms with Gasteiger partial charge in [0.15, 0.2) is 0 Å². The Labute approximate surface area is 119 Å². The minimum absolute atomic E-state index is 0.552. The summed E-state index contributed by atoms with van der Waals surface area (Å²) in [5, 5.41) is 11.7. The van der Waals surface area contributed by atoms with Gasteiger partial charge in [-0.25, -0.2) is 0 Å². The molecule has 0 amide bonds. The molecule has 0 bridgehead atoms. The van der Waals surface area contributed by atoms with Crippen molar-refractivity contribution in [3.05, 3.63) is 30.2 Å². The summed E-state index contributed by atoms with van der Waals surface area (Å²) < 4.78 is 5.55. The Morgan fingerprint density at radius 3 is 2.55 bits per heavy atom. The summed E-state index contributed by atoms with van der Waals surface area (Å²) in [4.78, 5) is 0. The molecule has 20 heavy (non-hydrogen) atoms. The van der Waals surface area contributed by atoms with Crippen molar-refractivity contribution < 1.29 is 4.42 Å². The smallest absolute Gasteiger partial charge is 0.249 e. The zero-order valence-electron chi connectivity index (χ0n) is 12.1. The van der Waals surface area contributed by atoms with Crippen LogP contribution in [0.15, 0.2) is 28.7 Å². The number of hydrogen-bond acceptors (Lipinski definition) is 4. The van der Waals surface area contributed by atoms with Gasteiger partial charge >= 0.3 is 0 Å². The molecule has 0 saturated heterocycles. The van der Waals surface area contributed by atoms with Gasteiger partial charge in [0, 0.05) is 18.7 Å². The van der Waals surface area contributed by atoms with E-state index in [1.54, 1.807) is 0 Å². The molecule has 1 heterocycles. The molecule has 0 atom stereocenters. The number of benzene rings is 1. The van der Waals surface area contributed by atoms with Crippen LogP contribution < -0.4 is 5.32 Å². The SMILES string of the molecule is Cc1nnc(-c2ccccc2NC2CCC(C)CC2)o1. The van der Waals surface area contributed by atoms with Crippen LogP contribution in [0.4, 0.5) is 5.69 Å². The molecular weight excluding hydrogens is 250 g/mol. The zero-order chi connectivity index (χ0) is 13.9. The maximum absolute atomic E-state index is 5.55. The van der Waals surface area contributed by atoms with E-state index in [-0.39, 0.29) is 0 Å². The summed E-state index contributed by atoms with van der Waals surface area (Å²) >= 11 is 0. The Balaban J connectivity index is 1.80. The molecule has 1 N–H and O–H groups in total. The van der Waals surface area contributed by atoms with Crippen molar-refractivity contribution in [1.82, 2.24) is 10.2 Å². The summed E-state index contributed by atoms with van der Waals surface area (Å²) in [6.07, 6.45) is 5.08. The first-order valence-corrected chi connectivity index (χ1v) is 7.38. The molecule has 1 aliphatic rings. The van der Waals surface area contributed by atoms with Crippen molar-refractivity contribution in [2.75, 3.05) is 5.32 Å². The standard InChI is InChI=1S/C16H21N3O/c1-11-7-9-13(10-8-11)17-15-6-4-3-5-14(15)16-19-18-12(2)20-16/h3-6,11,13,17H,7-10H2,1-2H3. The van der Waals surface area contributed by atoms with Crippen molar-refractivity contribution in [3.63, 3.8) is 0 Å². The van der Waals surface area contributed by atoms with Gasteiger partial charge in [-0.3, -0.25) is 0 Å². The number of nitrogens with zero attached hydrogens (tertiary/aromatic N) is 2. The molecule has 0 spiro atoms. The van der Waals surface area contributed by atoms with Crippen molar-refractivity contribution in [2.24, 2.45) is 5.92 Å². The van der Waals surface area contributed by atoms with E-state index in [1.165, 1.54) is 25.7 Å². The molecule has 106 valence electrons. The van der Waals surface area contributed by atoms with Crippen LogP contribution in [0, 0.1) is 12.8 Å². The molecule has 0 unspecified atom stereocenters. The summed E-state index contributed by atoms with van der Waals surface area (Å²) in [7, 11) is 0. The predicted molar refractivity (Wildman–Crippen MR) is 79.5 cm³/mol. The summed E-state index contributed by atoms with van der Waals surface area (Å²) in [5.41, 5.74) is 2.09. The van der Waals surface area contributed by atoms with Gasteiger partial charge in [0.25, 0.3) is 0 Å². The fourth-order valence-electron chi connectivity index (χ4n) is 2.83. The zero-order valence-corrected chi connectivity index (χ0v) is 12.1. The van der Waals surface area contributed by atoms with Crippen LogP contribution in [0.2, 0.25) is 0 Å². The molecule has 4 nitrogen and oxygen atoms in total. The highest BCUT2D eigenvalue weighted by Gasteiger charge is 2.19. The van der Waals surface area contributed by atoms with Crippen molar-refractivity contribution in [1.29, 1.82) is 0 Å². The molecule has 0 aliphatic heterocycles. The maximum atomic E-state index is 5.55. The van der Waals surface area contributed by atoms with Gasteiger partial charge in [0.2, 0.25) is 11.8 Å². The van der Waals surface area contributed by atoms with Crippen LogP contribution in [0.5, 0.6) is 0 Å². The Hall–Kier alpha value is -1.84. The fourth-order valence-corrected chi connectivity index (χ4v) is 2.83. The van der Waals surface area contributed by atoms with Crippen molar-refractivity contribution in [3.8, 4) is 11.5 Å². The molecule has 3 rings (SSSR count). The minimum atomic E-state index is 0.552. The summed E-state index contributed by atoms with van der Waals surface area (Å²) in [5.74, 6) is 2.05. The molecular formula is C16H21N3O. The molecule has 1 aliphatic carbocycles. The molecule has 1 fully saturated rings. The van der Waals surface area contributed by atoms with Gasteiger partial charge in [0.1, 0.15) is 0 Å². The predicted octanol–water partition coefficient (Wildman–Crippen LogP) is 4.04. The first kappa shape index (κ1) is 13.2. The third-order valence-corrected chi connectivity index (χ3v) is 4.06. The van der Waals surface area contributed by atoms with E-state index < -0.39 is 0 Å². The molecule has 4 heteroatoms. The summed E-state index contributed by atoms with van der Waals surface area (Å²) in [6, 6.07) is 8.72. The van der Waals surface area contributed by atoms with Crippen LogP contribution in [0.25, 0.3) is 11.5 Å². The number of hydrogen-bond donors (Lipinski definition) is 1. The maximum Gasteiger partial charge on any atom is 0.249 e. The normalized spacial score (nSPS) is 22.7. The Bertz CT molecular complexity index is 571. The van der Waals surface area contributed by atoms with Crippen LogP contribution >= 0.6 is 0 Å². The molecule has 1 aromatic carbocycles. The lowest BCUT2D eigenvalue weighted by Gasteiger charge is -2.28. The van der Waals surface area contributed by atoms with Gasteiger partial charge in [-0.05, 0) is 43.7 Å². The monoisotopic (exact) mass is 271 g/mol. The lowest BCUT2D eigenvalue weighted by atomic mass is 9.87. The van der Waals surface area contributed by atoms with E-state index >= 15 is 0 Å². The van der Waals surface area contributed by atoms with Gasteiger partial charge in [-0.2, -0.15) is 0 Å². The third kappa shape index (κ3) is 2.84. The second kappa shape index (κ2) is 5.65. The van der Waals surface area contributed by atoms with Crippen molar-refractivity contribution >= 4 is 5.69 Å². The third-order valence-electron chi connectivity index (χ3n) is 4.06. The van der Waals surface area contributed by atoms with E-state index in [9.17, 15) is 0 Å². The fraction of sp³-hybridized carbons (Fsp3) is 0.500. The van der Waals surface area contributed by atoms with Gasteiger partial charge in [-0.1, -0.05) is 19.1 Å². The highest BCUT2D eigenvalue weighted by atomic mass is 16.4. The van der Waals surface area contributed by atoms with E-state index in [0.29, 0.717) is 17.8 Å². The molecule has 1 aromatic heterocycles. The van der Waals surface area contributed by atoms with E-state index in [1.807, 2.05) is 25.1 Å². The molecule has 2 aromatic rings. The van der Waals surface area contributed by atoms with E-state index in [4.69, 9.17) is 4.42 Å². The van der Waals surface area contributed by atoms with Crippen LogP contribution in [0.1, 0.15) is 38.5 Å². The highest BCUT2D eigenvalue weighted by Crippen LogP contribution is 2.31. The second-order valence-corrected chi connectivity index (χ2v) is 5.77. The van der Waals surface area contributed by atoms with Gasteiger partial charge < -0.3 is 9.73 Å². The first-order valence-electron chi connectivity index (χ1n) is 7.38. The highest BCUT2D eigenvalue weighted by molar-refractivity contribution is 5.72. The van der Waals surface area contributed by atoms with E-state index in [2.05, 4.69) is 28.5 Å². The lowest BCUT2D eigenvalue weighted by Crippen LogP contribution is -2.25. The Kier molecular flexibility index (Phi) is 3.72.